The molecule has 0 saturated carbocycles. The first-order valence-corrected chi connectivity index (χ1v) is 7.09. The lowest BCUT2D eigenvalue weighted by Gasteiger charge is -2.11. The van der Waals surface area contributed by atoms with Crippen LogP contribution in [-0.4, -0.2) is 13.4 Å². The fourth-order valence-electron chi connectivity index (χ4n) is 1.45. The fraction of sp³-hybridized carbons (Fsp3) is 0. The summed E-state index contributed by atoms with van der Waals surface area (Å²) >= 11 is 5.68. The molecule has 0 unspecified atom stereocenters. The molecule has 0 saturated heterocycles. The molecule has 1 heterocycles. The Labute approximate surface area is 115 Å². The first-order valence-electron chi connectivity index (χ1n) is 5.23. The SMILES string of the molecule is NNc1ccccc1S(=O)(=O)Nc1ccc(Cl)cn1. The van der Waals surface area contributed by atoms with Gasteiger partial charge in [-0.3, -0.25) is 10.6 Å². The molecule has 1 aromatic heterocycles. The molecule has 6 nitrogen and oxygen atoms in total. The molecular weight excluding hydrogens is 288 g/mol. The number of hydrazine groups is 1. The molecule has 2 aromatic rings. The smallest absolute Gasteiger partial charge is 0.265 e. The van der Waals surface area contributed by atoms with Gasteiger partial charge in [-0.25, -0.2) is 13.4 Å². The van der Waals surface area contributed by atoms with E-state index in [1.54, 1.807) is 24.3 Å². The van der Waals surface area contributed by atoms with Crippen LogP contribution in [0.15, 0.2) is 47.5 Å². The summed E-state index contributed by atoms with van der Waals surface area (Å²) in [4.78, 5) is 3.91. The van der Waals surface area contributed by atoms with Gasteiger partial charge in [-0.15, -0.1) is 0 Å². The summed E-state index contributed by atoms with van der Waals surface area (Å²) in [6.45, 7) is 0. The molecule has 8 heteroatoms. The number of aromatic nitrogens is 1. The second-order valence-electron chi connectivity index (χ2n) is 3.61. The summed E-state index contributed by atoms with van der Waals surface area (Å²) in [5.74, 6) is 5.46. The van der Waals surface area contributed by atoms with Gasteiger partial charge in [-0.05, 0) is 24.3 Å². The monoisotopic (exact) mass is 298 g/mol. The van der Waals surface area contributed by atoms with Crippen molar-refractivity contribution >= 4 is 33.1 Å². The third kappa shape index (κ3) is 3.14. The summed E-state index contributed by atoms with van der Waals surface area (Å²) in [5, 5.41) is 0.423. The number of nitrogen functional groups attached to an aromatic ring is 1. The van der Waals surface area contributed by atoms with Crippen LogP contribution in [0.1, 0.15) is 0 Å². The van der Waals surface area contributed by atoms with E-state index in [0.29, 0.717) is 10.7 Å². The van der Waals surface area contributed by atoms with Crippen LogP contribution in [-0.2, 0) is 10.0 Å². The second-order valence-corrected chi connectivity index (χ2v) is 5.69. The van der Waals surface area contributed by atoms with E-state index in [4.69, 9.17) is 17.4 Å². The van der Waals surface area contributed by atoms with Crippen molar-refractivity contribution in [2.24, 2.45) is 5.84 Å². The molecule has 0 fully saturated rings. The molecule has 0 spiro atoms. The van der Waals surface area contributed by atoms with Crippen molar-refractivity contribution in [2.45, 2.75) is 4.90 Å². The molecule has 0 aliphatic heterocycles. The van der Waals surface area contributed by atoms with Gasteiger partial charge < -0.3 is 5.43 Å². The first-order chi connectivity index (χ1) is 9.03. The zero-order chi connectivity index (χ0) is 13.9. The zero-order valence-corrected chi connectivity index (χ0v) is 11.2. The maximum atomic E-state index is 12.2. The van der Waals surface area contributed by atoms with E-state index < -0.39 is 10.0 Å². The third-order valence-electron chi connectivity index (χ3n) is 2.30. The van der Waals surface area contributed by atoms with Crippen molar-refractivity contribution < 1.29 is 8.42 Å². The van der Waals surface area contributed by atoms with Crippen molar-refractivity contribution in [3.05, 3.63) is 47.6 Å². The number of nitrogens with one attached hydrogen (secondary N) is 2. The lowest BCUT2D eigenvalue weighted by molar-refractivity contribution is 0.601. The van der Waals surface area contributed by atoms with Crippen LogP contribution in [0, 0.1) is 0 Å². The number of pyridine rings is 1. The Morgan fingerprint density at radius 1 is 1.16 bits per heavy atom. The number of sulfonamides is 1. The Morgan fingerprint density at radius 2 is 1.89 bits per heavy atom. The Morgan fingerprint density at radius 3 is 2.53 bits per heavy atom. The molecule has 19 heavy (non-hydrogen) atoms. The van der Waals surface area contributed by atoms with Gasteiger partial charge in [-0.1, -0.05) is 23.7 Å². The Balaban J connectivity index is 2.35. The number of hydrogen-bond donors (Lipinski definition) is 3. The molecule has 0 atom stereocenters. The first kappa shape index (κ1) is 13.6. The molecular formula is C11H11ClN4O2S. The molecule has 0 aliphatic carbocycles. The zero-order valence-electron chi connectivity index (χ0n) is 9.67. The number of anilines is 2. The molecule has 100 valence electrons. The molecule has 0 aliphatic rings. The maximum Gasteiger partial charge on any atom is 0.265 e. The largest absolute Gasteiger partial charge is 0.323 e. The van der Waals surface area contributed by atoms with E-state index in [1.165, 1.54) is 18.3 Å². The van der Waals surface area contributed by atoms with Crippen LogP contribution >= 0.6 is 11.6 Å². The highest BCUT2D eigenvalue weighted by molar-refractivity contribution is 7.92. The van der Waals surface area contributed by atoms with Crippen molar-refractivity contribution in [3.8, 4) is 0 Å². The summed E-state index contributed by atoms with van der Waals surface area (Å²) in [5.41, 5.74) is 2.63. The van der Waals surface area contributed by atoms with E-state index in [0.717, 1.165) is 0 Å². The summed E-state index contributed by atoms with van der Waals surface area (Å²) in [7, 11) is -3.77. The molecule has 0 radical (unpaired) electrons. The van der Waals surface area contributed by atoms with Gasteiger partial charge in [0.25, 0.3) is 10.0 Å². The fourth-order valence-corrected chi connectivity index (χ4v) is 2.74. The van der Waals surface area contributed by atoms with Gasteiger partial charge in [0.2, 0.25) is 0 Å². The third-order valence-corrected chi connectivity index (χ3v) is 3.93. The quantitative estimate of drug-likeness (QED) is 0.591. The highest BCUT2D eigenvalue weighted by Crippen LogP contribution is 2.22. The second kappa shape index (κ2) is 5.43. The van der Waals surface area contributed by atoms with Crippen molar-refractivity contribution in [1.29, 1.82) is 0 Å². The highest BCUT2D eigenvalue weighted by Gasteiger charge is 2.18. The van der Waals surface area contributed by atoms with Crippen LogP contribution in [0.25, 0.3) is 0 Å². The number of hydrogen-bond acceptors (Lipinski definition) is 5. The van der Waals surface area contributed by atoms with Crippen LogP contribution in [0.4, 0.5) is 11.5 Å². The molecule has 0 bridgehead atoms. The normalized spacial score (nSPS) is 11.1. The molecule has 2 rings (SSSR count). The average Bonchev–Trinajstić information content (AvgIpc) is 2.41. The number of para-hydroxylation sites is 1. The number of rotatable bonds is 4. The number of nitrogens with zero attached hydrogens (tertiary/aromatic N) is 1. The lowest BCUT2D eigenvalue weighted by Crippen LogP contribution is -2.17. The summed E-state index contributed by atoms with van der Waals surface area (Å²) in [6.07, 6.45) is 1.35. The number of benzene rings is 1. The topological polar surface area (TPSA) is 97.1 Å². The minimum absolute atomic E-state index is 0.0363. The molecule has 1 aromatic carbocycles. The minimum atomic E-state index is -3.77. The Bertz CT molecular complexity index is 673. The summed E-state index contributed by atoms with van der Waals surface area (Å²) in [6, 6.07) is 9.29. The predicted octanol–water partition coefficient (Wildman–Crippen LogP) is 1.82. The van der Waals surface area contributed by atoms with Gasteiger partial charge in [0.1, 0.15) is 10.7 Å². The molecule has 4 N–H and O–H groups in total. The predicted molar refractivity (Wildman–Crippen MR) is 74.3 cm³/mol. The van der Waals surface area contributed by atoms with Crippen molar-refractivity contribution in [3.63, 3.8) is 0 Å². The van der Waals surface area contributed by atoms with Gasteiger partial charge in [-0.2, -0.15) is 0 Å². The van der Waals surface area contributed by atoms with Crippen LogP contribution < -0.4 is 16.0 Å². The van der Waals surface area contributed by atoms with Gasteiger partial charge in [0, 0.05) is 6.20 Å². The van der Waals surface area contributed by atoms with Gasteiger partial charge >= 0.3 is 0 Å². The van der Waals surface area contributed by atoms with Crippen LogP contribution in [0.3, 0.4) is 0 Å². The van der Waals surface area contributed by atoms with Crippen molar-refractivity contribution in [1.82, 2.24) is 4.98 Å². The maximum absolute atomic E-state index is 12.2. The minimum Gasteiger partial charge on any atom is -0.323 e. The van der Waals surface area contributed by atoms with Crippen LogP contribution in [0.2, 0.25) is 5.02 Å². The van der Waals surface area contributed by atoms with Crippen LogP contribution in [0.5, 0.6) is 0 Å². The van der Waals surface area contributed by atoms with Crippen molar-refractivity contribution in [2.75, 3.05) is 10.1 Å². The van der Waals surface area contributed by atoms with E-state index >= 15 is 0 Å². The molecule has 0 amide bonds. The Hall–Kier alpha value is -1.83. The van der Waals surface area contributed by atoms with Gasteiger partial charge in [0.15, 0.2) is 0 Å². The standard InChI is InChI=1S/C11H11ClN4O2S/c12-8-5-6-11(14-7-8)16-19(17,18)10-4-2-1-3-9(10)15-13/h1-7,15H,13H2,(H,14,16). The number of nitrogens with two attached hydrogens (primary N) is 1. The van der Waals surface area contributed by atoms with E-state index in [1.807, 2.05) is 0 Å². The number of halogens is 1. The average molecular weight is 299 g/mol. The van der Waals surface area contributed by atoms with E-state index in [2.05, 4.69) is 15.1 Å². The van der Waals surface area contributed by atoms with E-state index in [-0.39, 0.29) is 10.7 Å². The van der Waals surface area contributed by atoms with Gasteiger partial charge in [0.05, 0.1) is 10.7 Å². The lowest BCUT2D eigenvalue weighted by atomic mass is 10.3. The summed E-state index contributed by atoms with van der Waals surface area (Å²) < 4.78 is 26.7. The van der Waals surface area contributed by atoms with E-state index in [9.17, 15) is 8.42 Å². The highest BCUT2D eigenvalue weighted by atomic mass is 35.5. The Kier molecular flexibility index (Phi) is 3.89.